The molecule has 0 saturated heterocycles. The molecule has 1 heterocycles. The minimum atomic E-state index is -3.55. The number of rotatable bonds is 4. The van der Waals surface area contributed by atoms with Crippen LogP contribution in [0, 0.1) is 0 Å². The molecule has 1 N–H and O–H groups in total. The van der Waals surface area contributed by atoms with E-state index in [1.54, 1.807) is 7.05 Å². The number of hydrogen-bond donors (Lipinski definition) is 1. The van der Waals surface area contributed by atoms with Crippen LogP contribution in [-0.2, 0) is 10.0 Å². The molecule has 1 aromatic heterocycles. The van der Waals surface area contributed by atoms with E-state index in [0.717, 1.165) is 10.2 Å². The first kappa shape index (κ1) is 12.2. The number of Topliss-reactive ketones (excluding diaryl/α,β-unsaturated/α-hetero) is 1. The smallest absolute Gasteiger partial charge is 0.237 e. The Morgan fingerprint density at radius 3 is 2.60 bits per heavy atom. The normalized spacial score (nSPS) is 11.7. The maximum absolute atomic E-state index is 11.5. The predicted octanol–water partition coefficient (Wildman–Crippen LogP) is 0.351. The van der Waals surface area contributed by atoms with Crippen LogP contribution in [0.15, 0.2) is 12.1 Å². The number of ketones is 1. The molecule has 0 atom stereocenters. The summed E-state index contributed by atoms with van der Waals surface area (Å²) in [5.74, 6) is -0.324. The fourth-order valence-corrected chi connectivity index (χ4v) is 2.62. The SMILES string of the molecule is CNCC(=O)c1ccc(Cl)n1S(C)(=O)=O. The summed E-state index contributed by atoms with van der Waals surface area (Å²) in [4.78, 5) is 11.5. The molecule has 84 valence electrons. The topological polar surface area (TPSA) is 68.2 Å². The van der Waals surface area contributed by atoms with Crippen LogP contribution in [0.2, 0.25) is 5.15 Å². The number of hydrogen-bond acceptors (Lipinski definition) is 4. The highest BCUT2D eigenvalue weighted by atomic mass is 35.5. The molecule has 0 fully saturated rings. The van der Waals surface area contributed by atoms with Crippen molar-refractivity contribution in [3.8, 4) is 0 Å². The summed E-state index contributed by atoms with van der Waals surface area (Å²) in [6, 6.07) is 2.77. The standard InChI is InChI=1S/C8H11ClN2O3S/c1-10-5-7(12)6-3-4-8(9)11(6)15(2,13)14/h3-4,10H,5H2,1-2H3. The van der Waals surface area contributed by atoms with Crippen molar-refractivity contribution in [1.82, 2.24) is 9.29 Å². The van der Waals surface area contributed by atoms with Gasteiger partial charge in [0.05, 0.1) is 12.8 Å². The number of carbonyl (C=O) groups is 1. The van der Waals surface area contributed by atoms with Crippen molar-refractivity contribution in [2.45, 2.75) is 0 Å². The summed E-state index contributed by atoms with van der Waals surface area (Å²) in [5.41, 5.74) is 0.0665. The van der Waals surface area contributed by atoms with Crippen LogP contribution in [0.4, 0.5) is 0 Å². The van der Waals surface area contributed by atoms with Gasteiger partial charge in [-0.3, -0.25) is 4.79 Å². The van der Waals surface area contributed by atoms with Crippen LogP contribution in [-0.4, -0.2) is 38.0 Å². The number of aromatic nitrogens is 1. The molecule has 0 bridgehead atoms. The largest absolute Gasteiger partial charge is 0.313 e. The lowest BCUT2D eigenvalue weighted by Gasteiger charge is -2.06. The van der Waals surface area contributed by atoms with Gasteiger partial charge in [0, 0.05) is 0 Å². The second-order valence-electron chi connectivity index (χ2n) is 3.02. The third-order valence-electron chi connectivity index (χ3n) is 1.75. The Bertz CT molecular complexity index is 478. The molecule has 0 saturated carbocycles. The Morgan fingerprint density at radius 1 is 1.53 bits per heavy atom. The lowest BCUT2D eigenvalue weighted by molar-refractivity contribution is 0.0988. The summed E-state index contributed by atoms with van der Waals surface area (Å²) in [5, 5.41) is 2.66. The van der Waals surface area contributed by atoms with Crippen LogP contribution in [0.3, 0.4) is 0 Å². The lowest BCUT2D eigenvalue weighted by atomic mass is 10.3. The Kier molecular flexibility index (Phi) is 3.54. The van der Waals surface area contributed by atoms with E-state index in [4.69, 9.17) is 11.6 Å². The maximum Gasteiger partial charge on any atom is 0.237 e. The number of carbonyl (C=O) groups excluding carboxylic acids is 1. The maximum atomic E-state index is 11.5. The number of likely N-dealkylation sites (N-methyl/N-ethyl adjacent to an activating group) is 1. The molecule has 0 aromatic carbocycles. The van der Waals surface area contributed by atoms with Gasteiger partial charge in [-0.25, -0.2) is 12.4 Å². The van der Waals surface area contributed by atoms with E-state index in [-0.39, 0.29) is 23.2 Å². The molecule has 0 aliphatic rings. The highest BCUT2D eigenvalue weighted by Crippen LogP contribution is 2.17. The monoisotopic (exact) mass is 250 g/mol. The van der Waals surface area contributed by atoms with Gasteiger partial charge in [-0.1, -0.05) is 11.6 Å². The molecule has 0 aliphatic carbocycles. The third kappa shape index (κ3) is 2.58. The molecular weight excluding hydrogens is 240 g/mol. The molecular formula is C8H11ClN2O3S. The van der Waals surface area contributed by atoms with Gasteiger partial charge in [-0.15, -0.1) is 0 Å². The van der Waals surface area contributed by atoms with Crippen molar-refractivity contribution in [2.24, 2.45) is 0 Å². The molecule has 7 heteroatoms. The summed E-state index contributed by atoms with van der Waals surface area (Å²) in [6.07, 6.45) is 0.995. The average Bonchev–Trinajstić information content (AvgIpc) is 2.46. The highest BCUT2D eigenvalue weighted by Gasteiger charge is 2.19. The van der Waals surface area contributed by atoms with Crippen molar-refractivity contribution in [3.63, 3.8) is 0 Å². The molecule has 0 spiro atoms. The summed E-state index contributed by atoms with van der Waals surface area (Å²) in [7, 11) is -1.94. The van der Waals surface area contributed by atoms with Gasteiger partial charge < -0.3 is 5.32 Å². The van der Waals surface area contributed by atoms with Crippen LogP contribution in [0.1, 0.15) is 10.5 Å². The van der Waals surface area contributed by atoms with Crippen molar-refractivity contribution in [3.05, 3.63) is 23.0 Å². The quantitative estimate of drug-likeness (QED) is 0.783. The van der Waals surface area contributed by atoms with Crippen LogP contribution < -0.4 is 5.32 Å². The van der Waals surface area contributed by atoms with E-state index >= 15 is 0 Å². The third-order valence-corrected chi connectivity index (χ3v) is 3.20. The van der Waals surface area contributed by atoms with E-state index in [2.05, 4.69) is 5.32 Å². The van der Waals surface area contributed by atoms with Gasteiger partial charge in [0.25, 0.3) is 0 Å². The van der Waals surface area contributed by atoms with Crippen LogP contribution >= 0.6 is 11.6 Å². The van der Waals surface area contributed by atoms with Crippen LogP contribution in [0.5, 0.6) is 0 Å². The first-order valence-electron chi connectivity index (χ1n) is 4.13. The molecule has 0 radical (unpaired) electrons. The average molecular weight is 251 g/mol. The van der Waals surface area contributed by atoms with E-state index < -0.39 is 10.0 Å². The lowest BCUT2D eigenvalue weighted by Crippen LogP contribution is -2.24. The van der Waals surface area contributed by atoms with Crippen molar-refractivity contribution in [2.75, 3.05) is 19.8 Å². The van der Waals surface area contributed by atoms with Crippen molar-refractivity contribution < 1.29 is 13.2 Å². The first-order chi connectivity index (χ1) is 6.88. The van der Waals surface area contributed by atoms with Gasteiger partial charge in [0.1, 0.15) is 10.8 Å². The van der Waals surface area contributed by atoms with Gasteiger partial charge >= 0.3 is 0 Å². The molecule has 0 unspecified atom stereocenters. The zero-order valence-corrected chi connectivity index (χ0v) is 9.89. The number of nitrogens with zero attached hydrogens (tertiary/aromatic N) is 1. The molecule has 0 amide bonds. The molecule has 15 heavy (non-hydrogen) atoms. The van der Waals surface area contributed by atoms with Gasteiger partial charge in [0.2, 0.25) is 10.0 Å². The zero-order chi connectivity index (χ0) is 11.6. The van der Waals surface area contributed by atoms with E-state index in [9.17, 15) is 13.2 Å². The van der Waals surface area contributed by atoms with Gasteiger partial charge in [-0.2, -0.15) is 0 Å². The number of nitrogens with one attached hydrogen (secondary N) is 1. The Hall–Kier alpha value is -0.850. The summed E-state index contributed by atoms with van der Waals surface area (Å²) in [6.45, 7) is 0.0653. The van der Waals surface area contributed by atoms with Crippen molar-refractivity contribution >= 4 is 27.4 Å². The molecule has 1 aromatic rings. The second-order valence-corrected chi connectivity index (χ2v) is 5.24. The minimum Gasteiger partial charge on any atom is -0.313 e. The summed E-state index contributed by atoms with van der Waals surface area (Å²) >= 11 is 5.68. The minimum absolute atomic E-state index is 0.0111. The Morgan fingerprint density at radius 2 is 2.13 bits per heavy atom. The highest BCUT2D eigenvalue weighted by molar-refractivity contribution is 7.89. The Balaban J connectivity index is 3.27. The van der Waals surface area contributed by atoms with E-state index in [1.165, 1.54) is 12.1 Å². The molecule has 0 aliphatic heterocycles. The molecule has 1 rings (SSSR count). The fraction of sp³-hybridized carbons (Fsp3) is 0.375. The van der Waals surface area contributed by atoms with Crippen molar-refractivity contribution in [1.29, 1.82) is 0 Å². The van der Waals surface area contributed by atoms with Crippen LogP contribution in [0.25, 0.3) is 0 Å². The van der Waals surface area contributed by atoms with E-state index in [0.29, 0.717) is 0 Å². The second kappa shape index (κ2) is 4.34. The first-order valence-corrected chi connectivity index (χ1v) is 6.36. The zero-order valence-electron chi connectivity index (χ0n) is 8.32. The summed E-state index contributed by atoms with van der Waals surface area (Å²) < 4.78 is 23.5. The van der Waals surface area contributed by atoms with Gasteiger partial charge in [0.15, 0.2) is 5.78 Å². The van der Waals surface area contributed by atoms with E-state index in [1.807, 2.05) is 0 Å². The Labute approximate surface area is 93.1 Å². The number of halogens is 1. The predicted molar refractivity (Wildman–Crippen MR) is 57.9 cm³/mol. The fourth-order valence-electron chi connectivity index (χ4n) is 1.19. The molecule has 5 nitrogen and oxygen atoms in total. The van der Waals surface area contributed by atoms with Gasteiger partial charge in [-0.05, 0) is 19.2 Å².